The molecule has 0 saturated carbocycles. The number of carbonyl (C=O) groups excluding carboxylic acids is 1. The Bertz CT molecular complexity index is 465. The lowest BCUT2D eigenvalue weighted by molar-refractivity contribution is 0.0988. The van der Waals surface area contributed by atoms with Gasteiger partial charge in [-0.25, -0.2) is 4.98 Å². The second-order valence-corrected chi connectivity index (χ2v) is 3.00. The van der Waals surface area contributed by atoms with Gasteiger partial charge in [-0.2, -0.15) is 15.4 Å². The minimum atomic E-state index is -0.136. The van der Waals surface area contributed by atoms with Crippen LogP contribution in [0, 0.1) is 0 Å². The van der Waals surface area contributed by atoms with Crippen molar-refractivity contribution in [1.29, 1.82) is 0 Å². The van der Waals surface area contributed by atoms with E-state index in [1.807, 2.05) is 0 Å². The van der Waals surface area contributed by atoms with Crippen LogP contribution in [0.5, 0.6) is 0 Å². The summed E-state index contributed by atoms with van der Waals surface area (Å²) < 4.78 is 0. The third-order valence-corrected chi connectivity index (χ3v) is 1.98. The molecule has 76 valence electrons. The minimum Gasteiger partial charge on any atom is -0.383 e. The summed E-state index contributed by atoms with van der Waals surface area (Å²) in [6.45, 7) is 0. The molecule has 15 heavy (non-hydrogen) atoms. The Kier molecular flexibility index (Phi) is 2.40. The standard InChI is InChI=1S/C9H9N5O/c10-9-6(2-1-3-11-9)4-8(15)7-5-12-14-13-7/h1-3,5H,4H2,(H2,10,11)(H,12,13,14). The fraction of sp³-hybridized carbons (Fsp3) is 0.111. The molecule has 3 N–H and O–H groups in total. The summed E-state index contributed by atoms with van der Waals surface area (Å²) in [5.41, 5.74) is 6.62. The van der Waals surface area contributed by atoms with Crippen molar-refractivity contribution in [2.75, 3.05) is 5.73 Å². The number of aromatic nitrogens is 4. The zero-order valence-electron chi connectivity index (χ0n) is 7.84. The fourth-order valence-corrected chi connectivity index (χ4v) is 1.20. The van der Waals surface area contributed by atoms with E-state index in [4.69, 9.17) is 5.73 Å². The van der Waals surface area contributed by atoms with Gasteiger partial charge >= 0.3 is 0 Å². The molecule has 0 fully saturated rings. The normalized spacial score (nSPS) is 10.1. The van der Waals surface area contributed by atoms with Gasteiger partial charge < -0.3 is 5.73 Å². The van der Waals surface area contributed by atoms with Crippen LogP contribution in [-0.4, -0.2) is 26.2 Å². The number of hydrogen-bond acceptors (Lipinski definition) is 5. The molecule has 0 amide bonds. The molecule has 0 aliphatic heterocycles. The molecule has 0 bridgehead atoms. The Labute approximate surface area is 85.5 Å². The van der Waals surface area contributed by atoms with Crippen molar-refractivity contribution in [3.8, 4) is 0 Å². The van der Waals surface area contributed by atoms with E-state index in [1.165, 1.54) is 6.20 Å². The number of ketones is 1. The first-order valence-electron chi connectivity index (χ1n) is 4.35. The molecule has 0 aromatic carbocycles. The van der Waals surface area contributed by atoms with Crippen LogP contribution in [0.3, 0.4) is 0 Å². The number of nitrogen functional groups attached to an aromatic ring is 1. The van der Waals surface area contributed by atoms with E-state index in [9.17, 15) is 4.79 Å². The van der Waals surface area contributed by atoms with Gasteiger partial charge in [-0.05, 0) is 6.07 Å². The Morgan fingerprint density at radius 1 is 1.53 bits per heavy atom. The van der Waals surface area contributed by atoms with Crippen LogP contribution in [-0.2, 0) is 6.42 Å². The average molecular weight is 203 g/mol. The van der Waals surface area contributed by atoms with E-state index in [-0.39, 0.29) is 12.2 Å². The van der Waals surface area contributed by atoms with Crippen molar-refractivity contribution in [2.24, 2.45) is 0 Å². The molecule has 0 radical (unpaired) electrons. The lowest BCUT2D eigenvalue weighted by Gasteiger charge is -2.01. The lowest BCUT2D eigenvalue weighted by Crippen LogP contribution is -2.07. The highest BCUT2D eigenvalue weighted by atomic mass is 16.1. The number of Topliss-reactive ketones (excluding diaryl/α,β-unsaturated/α-hetero) is 1. The number of nitrogens with two attached hydrogens (primary N) is 1. The first kappa shape index (κ1) is 9.32. The van der Waals surface area contributed by atoms with Crippen LogP contribution < -0.4 is 5.73 Å². The third kappa shape index (κ3) is 1.98. The van der Waals surface area contributed by atoms with Crippen LogP contribution in [0.4, 0.5) is 5.82 Å². The molecule has 0 spiro atoms. The molecule has 0 atom stereocenters. The van der Waals surface area contributed by atoms with Gasteiger partial charge in [-0.15, -0.1) is 0 Å². The molecule has 2 heterocycles. The van der Waals surface area contributed by atoms with Gasteiger partial charge in [-0.3, -0.25) is 4.79 Å². The number of H-pyrrole nitrogens is 1. The Morgan fingerprint density at radius 2 is 2.40 bits per heavy atom. The Morgan fingerprint density at radius 3 is 3.07 bits per heavy atom. The molecule has 2 rings (SSSR count). The van der Waals surface area contributed by atoms with Gasteiger partial charge in [0, 0.05) is 18.2 Å². The maximum absolute atomic E-state index is 11.6. The van der Waals surface area contributed by atoms with Crippen LogP contribution in [0.1, 0.15) is 16.1 Å². The van der Waals surface area contributed by atoms with Crippen LogP contribution in [0.15, 0.2) is 24.5 Å². The number of pyridine rings is 1. The fourth-order valence-electron chi connectivity index (χ4n) is 1.20. The summed E-state index contributed by atoms with van der Waals surface area (Å²) in [4.78, 5) is 15.5. The number of carbonyl (C=O) groups is 1. The number of nitrogens with zero attached hydrogens (tertiary/aromatic N) is 3. The second-order valence-electron chi connectivity index (χ2n) is 3.00. The summed E-state index contributed by atoms with van der Waals surface area (Å²) in [5.74, 6) is 0.234. The zero-order valence-corrected chi connectivity index (χ0v) is 7.84. The van der Waals surface area contributed by atoms with Gasteiger partial charge in [0.15, 0.2) is 5.78 Å². The summed E-state index contributed by atoms with van der Waals surface area (Å²) in [7, 11) is 0. The van der Waals surface area contributed by atoms with Crippen molar-refractivity contribution in [3.63, 3.8) is 0 Å². The first-order valence-corrected chi connectivity index (χ1v) is 4.35. The van der Waals surface area contributed by atoms with Crippen LogP contribution >= 0.6 is 0 Å². The van der Waals surface area contributed by atoms with Gasteiger partial charge in [0.25, 0.3) is 0 Å². The predicted molar refractivity (Wildman–Crippen MR) is 53.1 cm³/mol. The predicted octanol–water partition coefficient (Wildman–Crippen LogP) is 0.207. The van der Waals surface area contributed by atoms with E-state index < -0.39 is 0 Å². The van der Waals surface area contributed by atoms with Crippen LogP contribution in [0.25, 0.3) is 0 Å². The highest BCUT2D eigenvalue weighted by Crippen LogP contribution is 2.09. The largest absolute Gasteiger partial charge is 0.383 e. The van der Waals surface area contributed by atoms with Crippen LogP contribution in [0.2, 0.25) is 0 Å². The van der Waals surface area contributed by atoms with E-state index in [0.29, 0.717) is 17.1 Å². The minimum absolute atomic E-state index is 0.136. The SMILES string of the molecule is Nc1ncccc1CC(=O)c1cn[nH]n1. The maximum atomic E-state index is 11.6. The number of aromatic amines is 1. The molecule has 0 aliphatic rings. The molecule has 6 heteroatoms. The third-order valence-electron chi connectivity index (χ3n) is 1.98. The summed E-state index contributed by atoms with van der Waals surface area (Å²) in [6.07, 6.45) is 3.15. The van der Waals surface area contributed by atoms with Crippen molar-refractivity contribution in [2.45, 2.75) is 6.42 Å². The molecule has 0 unspecified atom stereocenters. The number of rotatable bonds is 3. The molecular formula is C9H9N5O. The topological polar surface area (TPSA) is 97.5 Å². The number of hydrogen-bond donors (Lipinski definition) is 2. The highest BCUT2D eigenvalue weighted by molar-refractivity contribution is 5.95. The van der Waals surface area contributed by atoms with Gasteiger partial charge in [-0.1, -0.05) is 6.07 Å². The smallest absolute Gasteiger partial charge is 0.189 e. The quantitative estimate of drug-likeness (QED) is 0.695. The molecule has 2 aromatic rings. The van der Waals surface area contributed by atoms with E-state index in [1.54, 1.807) is 18.3 Å². The Balaban J connectivity index is 2.17. The van der Waals surface area contributed by atoms with Crippen molar-refractivity contribution in [3.05, 3.63) is 35.8 Å². The molecule has 6 nitrogen and oxygen atoms in total. The van der Waals surface area contributed by atoms with E-state index in [2.05, 4.69) is 20.4 Å². The van der Waals surface area contributed by atoms with Crippen molar-refractivity contribution >= 4 is 11.6 Å². The maximum Gasteiger partial charge on any atom is 0.189 e. The molecule has 2 aromatic heterocycles. The summed E-state index contributed by atoms with van der Waals surface area (Å²) in [5, 5.41) is 9.64. The lowest BCUT2D eigenvalue weighted by atomic mass is 10.1. The first-order chi connectivity index (χ1) is 7.27. The van der Waals surface area contributed by atoms with E-state index >= 15 is 0 Å². The molecular weight excluding hydrogens is 194 g/mol. The number of anilines is 1. The van der Waals surface area contributed by atoms with Gasteiger partial charge in [0.1, 0.15) is 11.5 Å². The molecule has 0 saturated heterocycles. The average Bonchev–Trinajstić information content (AvgIpc) is 2.74. The zero-order chi connectivity index (χ0) is 10.7. The second kappa shape index (κ2) is 3.87. The van der Waals surface area contributed by atoms with Gasteiger partial charge in [0.2, 0.25) is 0 Å². The highest BCUT2D eigenvalue weighted by Gasteiger charge is 2.11. The summed E-state index contributed by atoms with van der Waals surface area (Å²) in [6, 6.07) is 3.50. The van der Waals surface area contributed by atoms with Crippen molar-refractivity contribution < 1.29 is 4.79 Å². The number of nitrogens with one attached hydrogen (secondary N) is 1. The summed E-state index contributed by atoms with van der Waals surface area (Å²) >= 11 is 0. The van der Waals surface area contributed by atoms with Gasteiger partial charge in [0.05, 0.1) is 6.20 Å². The van der Waals surface area contributed by atoms with Crippen molar-refractivity contribution in [1.82, 2.24) is 20.4 Å². The Hall–Kier alpha value is -2.24. The monoisotopic (exact) mass is 203 g/mol. The molecule has 0 aliphatic carbocycles. The van der Waals surface area contributed by atoms with E-state index in [0.717, 1.165) is 0 Å².